The first-order chi connectivity index (χ1) is 10.3. The van der Waals surface area contributed by atoms with Crippen molar-refractivity contribution in [2.45, 2.75) is 6.54 Å². The van der Waals surface area contributed by atoms with E-state index in [1.165, 1.54) is 17.3 Å². The molecule has 6 nitrogen and oxygen atoms in total. The summed E-state index contributed by atoms with van der Waals surface area (Å²) in [5, 5.41) is 6.11. The van der Waals surface area contributed by atoms with E-state index in [4.69, 9.17) is 4.42 Å². The number of rotatable bonds is 3. The van der Waals surface area contributed by atoms with Gasteiger partial charge in [0.05, 0.1) is 6.54 Å². The highest BCUT2D eigenvalue weighted by Crippen LogP contribution is 2.30. The lowest BCUT2D eigenvalue weighted by Crippen LogP contribution is -2.16. The molecule has 4 rings (SSSR count). The van der Waals surface area contributed by atoms with Crippen LogP contribution in [0, 0.1) is 0 Å². The van der Waals surface area contributed by atoms with E-state index in [9.17, 15) is 4.79 Å². The largest absolute Gasteiger partial charge is 0.443 e. The summed E-state index contributed by atoms with van der Waals surface area (Å²) in [6.07, 6.45) is 2.95. The number of hydrogen-bond acceptors (Lipinski definition) is 5. The third-order valence-electron chi connectivity index (χ3n) is 3.22. The van der Waals surface area contributed by atoms with Crippen molar-refractivity contribution < 1.29 is 4.42 Å². The highest BCUT2D eigenvalue weighted by molar-refractivity contribution is 7.15. The molecule has 21 heavy (non-hydrogen) atoms. The topological polar surface area (TPSA) is 76.7 Å². The molecule has 0 spiro atoms. The van der Waals surface area contributed by atoms with Gasteiger partial charge >= 0.3 is 5.69 Å². The van der Waals surface area contributed by atoms with Gasteiger partial charge in [-0.2, -0.15) is 5.10 Å². The Kier molecular flexibility index (Phi) is 2.71. The molecule has 0 unspecified atom stereocenters. The normalized spacial score (nSPS) is 11.2. The first-order valence-electron chi connectivity index (χ1n) is 6.32. The standard InChI is InChI=1S/C14H10N4O2S/c19-14-17-16-7-18(14)6-10-2-4-13(21-10)9-1-3-12-11(5-9)15-8-20-12/h1-5,7-8H,6H2,(H,17,19). The van der Waals surface area contributed by atoms with E-state index in [0.29, 0.717) is 6.54 Å². The Bertz CT molecular complexity index is 962. The van der Waals surface area contributed by atoms with Crippen molar-refractivity contribution in [3.05, 3.63) is 58.4 Å². The van der Waals surface area contributed by atoms with Crippen LogP contribution < -0.4 is 5.69 Å². The maximum absolute atomic E-state index is 11.4. The maximum atomic E-state index is 11.4. The lowest BCUT2D eigenvalue weighted by atomic mass is 10.2. The quantitative estimate of drug-likeness (QED) is 0.630. The monoisotopic (exact) mass is 298 g/mol. The van der Waals surface area contributed by atoms with E-state index in [0.717, 1.165) is 26.4 Å². The van der Waals surface area contributed by atoms with Crippen molar-refractivity contribution in [3.8, 4) is 10.4 Å². The van der Waals surface area contributed by atoms with E-state index in [2.05, 4.69) is 15.2 Å². The van der Waals surface area contributed by atoms with Gasteiger partial charge in [-0.15, -0.1) is 11.3 Å². The minimum Gasteiger partial charge on any atom is -0.443 e. The molecule has 0 amide bonds. The molecule has 3 heterocycles. The number of H-pyrrole nitrogens is 1. The molecule has 0 fully saturated rings. The van der Waals surface area contributed by atoms with Crippen molar-refractivity contribution in [1.82, 2.24) is 19.7 Å². The first kappa shape index (κ1) is 12.1. The van der Waals surface area contributed by atoms with Crippen LogP contribution in [0.25, 0.3) is 21.5 Å². The minimum atomic E-state index is -0.200. The molecule has 0 saturated carbocycles. The molecule has 3 aromatic heterocycles. The number of fused-ring (bicyclic) bond motifs is 1. The van der Waals surface area contributed by atoms with Crippen LogP contribution in [0.4, 0.5) is 0 Å². The molecule has 1 aromatic carbocycles. The molecule has 104 valence electrons. The highest BCUT2D eigenvalue weighted by atomic mass is 32.1. The highest BCUT2D eigenvalue weighted by Gasteiger charge is 2.07. The molecule has 0 aliphatic rings. The Morgan fingerprint density at radius 2 is 2.24 bits per heavy atom. The smallest absolute Gasteiger partial charge is 0.343 e. The number of nitrogens with one attached hydrogen (secondary N) is 1. The summed E-state index contributed by atoms with van der Waals surface area (Å²) < 4.78 is 6.78. The molecular formula is C14H10N4O2S. The van der Waals surface area contributed by atoms with Crippen molar-refractivity contribution >= 4 is 22.4 Å². The van der Waals surface area contributed by atoms with Crippen LogP contribution in [0.2, 0.25) is 0 Å². The number of nitrogens with zero attached hydrogens (tertiary/aromatic N) is 3. The summed E-state index contributed by atoms with van der Waals surface area (Å²) in [6.45, 7) is 0.520. The lowest BCUT2D eigenvalue weighted by Gasteiger charge is -1.97. The zero-order valence-electron chi connectivity index (χ0n) is 10.8. The van der Waals surface area contributed by atoms with Gasteiger partial charge in [-0.1, -0.05) is 0 Å². The van der Waals surface area contributed by atoms with Crippen LogP contribution in [0.15, 0.2) is 52.3 Å². The van der Waals surface area contributed by atoms with Crippen molar-refractivity contribution in [3.63, 3.8) is 0 Å². The Labute approximate surface area is 122 Å². The maximum Gasteiger partial charge on any atom is 0.343 e. The molecular weight excluding hydrogens is 288 g/mol. The second-order valence-electron chi connectivity index (χ2n) is 4.59. The molecule has 0 aliphatic carbocycles. The van der Waals surface area contributed by atoms with Gasteiger partial charge in [0.2, 0.25) is 0 Å². The summed E-state index contributed by atoms with van der Waals surface area (Å²) in [5.41, 5.74) is 2.51. The van der Waals surface area contributed by atoms with Crippen LogP contribution in [0.5, 0.6) is 0 Å². The molecule has 0 saturated heterocycles. The fourth-order valence-electron chi connectivity index (χ4n) is 2.18. The van der Waals surface area contributed by atoms with Crippen molar-refractivity contribution in [1.29, 1.82) is 0 Å². The van der Waals surface area contributed by atoms with Gasteiger partial charge in [-0.05, 0) is 35.9 Å². The average Bonchev–Trinajstić information content (AvgIpc) is 3.20. The number of thiophene rings is 1. The molecule has 7 heteroatoms. The first-order valence-corrected chi connectivity index (χ1v) is 7.13. The average molecular weight is 298 g/mol. The number of aromatic nitrogens is 4. The third kappa shape index (κ3) is 2.17. The van der Waals surface area contributed by atoms with E-state index in [1.807, 2.05) is 30.3 Å². The minimum absolute atomic E-state index is 0.200. The van der Waals surface area contributed by atoms with Gasteiger partial charge in [-0.3, -0.25) is 4.57 Å². The predicted octanol–water partition coefficient (Wildman–Crippen LogP) is 2.49. The van der Waals surface area contributed by atoms with Crippen LogP contribution in [0.1, 0.15) is 4.88 Å². The molecule has 1 N–H and O–H groups in total. The predicted molar refractivity (Wildman–Crippen MR) is 79.3 cm³/mol. The van der Waals surface area contributed by atoms with Gasteiger partial charge in [0.15, 0.2) is 12.0 Å². The summed E-state index contributed by atoms with van der Waals surface area (Å²) in [4.78, 5) is 17.8. The SMILES string of the molecule is O=c1[nH]ncn1Cc1ccc(-c2ccc3ocnc3c2)s1. The van der Waals surface area contributed by atoms with E-state index >= 15 is 0 Å². The fourth-order valence-corrected chi connectivity index (χ4v) is 3.18. The van der Waals surface area contributed by atoms with Gasteiger partial charge in [0.1, 0.15) is 11.8 Å². The van der Waals surface area contributed by atoms with Gasteiger partial charge in [0, 0.05) is 9.75 Å². The zero-order valence-corrected chi connectivity index (χ0v) is 11.6. The second kappa shape index (κ2) is 4.71. The third-order valence-corrected chi connectivity index (χ3v) is 4.34. The van der Waals surface area contributed by atoms with Crippen LogP contribution >= 0.6 is 11.3 Å². The van der Waals surface area contributed by atoms with Gasteiger partial charge < -0.3 is 4.42 Å². The molecule has 0 atom stereocenters. The van der Waals surface area contributed by atoms with Crippen molar-refractivity contribution in [2.75, 3.05) is 0 Å². The van der Waals surface area contributed by atoms with Gasteiger partial charge in [0.25, 0.3) is 0 Å². The Hall–Kier alpha value is -2.67. The van der Waals surface area contributed by atoms with E-state index in [-0.39, 0.29) is 5.69 Å². The number of benzene rings is 1. The Balaban J connectivity index is 1.67. The molecule has 4 aromatic rings. The van der Waals surface area contributed by atoms with Crippen LogP contribution in [-0.4, -0.2) is 19.7 Å². The summed E-state index contributed by atoms with van der Waals surface area (Å²) in [6, 6.07) is 9.99. The van der Waals surface area contributed by atoms with Crippen molar-refractivity contribution in [2.24, 2.45) is 0 Å². The molecule has 0 aliphatic heterocycles. The number of hydrogen-bond donors (Lipinski definition) is 1. The van der Waals surface area contributed by atoms with Gasteiger partial charge in [-0.25, -0.2) is 14.9 Å². The van der Waals surface area contributed by atoms with Crippen LogP contribution in [-0.2, 0) is 6.54 Å². The zero-order chi connectivity index (χ0) is 14.2. The fraction of sp³-hybridized carbons (Fsp3) is 0.0714. The lowest BCUT2D eigenvalue weighted by molar-refractivity contribution is 0.602. The van der Waals surface area contributed by atoms with E-state index < -0.39 is 0 Å². The summed E-state index contributed by atoms with van der Waals surface area (Å²) >= 11 is 1.64. The van der Waals surface area contributed by atoms with Crippen LogP contribution in [0.3, 0.4) is 0 Å². The van der Waals surface area contributed by atoms with E-state index in [1.54, 1.807) is 11.3 Å². The Morgan fingerprint density at radius 3 is 3.10 bits per heavy atom. The Morgan fingerprint density at radius 1 is 1.29 bits per heavy atom. The second-order valence-corrected chi connectivity index (χ2v) is 5.76. The summed E-state index contributed by atoms with van der Waals surface area (Å²) in [7, 11) is 0. The molecule has 0 radical (unpaired) electrons. The molecule has 0 bridgehead atoms. The number of aromatic amines is 1. The number of oxazole rings is 1. The summed E-state index contributed by atoms with van der Waals surface area (Å²) in [5.74, 6) is 0.